The quantitative estimate of drug-likeness (QED) is 0.757. The fraction of sp³-hybridized carbons (Fsp3) is 0.600. The maximum absolute atomic E-state index is 10.1. The molecule has 0 saturated carbocycles. The Hall–Kier alpha value is -0.485. The molecule has 0 radical (unpaired) electrons. The molecule has 0 unspecified atom stereocenters. The first kappa shape index (κ1) is 17.6. The molecular weight excluding hydrogens is 271 g/mol. The van der Waals surface area contributed by atoms with Gasteiger partial charge in [0.15, 0.2) is 0 Å². The molecule has 0 spiro atoms. The van der Waals surface area contributed by atoms with Gasteiger partial charge in [-0.3, -0.25) is 0 Å². The first-order valence-electron chi connectivity index (χ1n) is 6.92. The highest BCUT2D eigenvalue weighted by atomic mass is 32.2. The van der Waals surface area contributed by atoms with Crippen molar-refractivity contribution in [3.05, 3.63) is 29.8 Å². The average Bonchev–Trinajstić information content (AvgIpc) is 2.35. The summed E-state index contributed by atoms with van der Waals surface area (Å²) in [6, 6.07) is 7.75. The third kappa shape index (κ3) is 4.81. The molecule has 1 rings (SSSR count). The van der Waals surface area contributed by atoms with Crippen LogP contribution in [0.2, 0.25) is 0 Å². The standard InChI is InChI=1S/C15H25BO3S/c1-6-20-11-12-7-9-13(10-8-12)16(18)19-15(4,5)14(2,3)17/h7-10,17-18H,6,11H2,1-5H3. The van der Waals surface area contributed by atoms with Crippen LogP contribution in [0, 0.1) is 0 Å². The second-order valence-electron chi connectivity index (χ2n) is 5.92. The van der Waals surface area contributed by atoms with Crippen LogP contribution in [-0.4, -0.2) is 34.2 Å². The van der Waals surface area contributed by atoms with Gasteiger partial charge in [0.2, 0.25) is 0 Å². The van der Waals surface area contributed by atoms with Crippen LogP contribution in [0.1, 0.15) is 40.2 Å². The summed E-state index contributed by atoms with van der Waals surface area (Å²) in [5, 5.41) is 20.2. The summed E-state index contributed by atoms with van der Waals surface area (Å²) in [5.41, 5.74) is 0.0524. The van der Waals surface area contributed by atoms with Crippen molar-refractivity contribution < 1.29 is 14.8 Å². The summed E-state index contributed by atoms with van der Waals surface area (Å²) in [7, 11) is -1.04. The Morgan fingerprint density at radius 3 is 2.15 bits per heavy atom. The summed E-state index contributed by atoms with van der Waals surface area (Å²) >= 11 is 1.86. The minimum atomic E-state index is -1.04. The van der Waals surface area contributed by atoms with E-state index in [0.29, 0.717) is 5.46 Å². The van der Waals surface area contributed by atoms with Gasteiger partial charge in [-0.25, -0.2) is 0 Å². The Labute approximate surface area is 126 Å². The molecule has 0 aliphatic rings. The van der Waals surface area contributed by atoms with Crippen LogP contribution in [0.15, 0.2) is 24.3 Å². The van der Waals surface area contributed by atoms with Crippen molar-refractivity contribution in [3.63, 3.8) is 0 Å². The van der Waals surface area contributed by atoms with E-state index >= 15 is 0 Å². The molecule has 2 N–H and O–H groups in total. The summed E-state index contributed by atoms with van der Waals surface area (Å²) in [6.07, 6.45) is 0. The van der Waals surface area contributed by atoms with E-state index in [1.165, 1.54) is 5.56 Å². The summed E-state index contributed by atoms with van der Waals surface area (Å²) in [4.78, 5) is 0. The molecule has 0 atom stereocenters. The number of thioether (sulfide) groups is 1. The molecular formula is C15H25BO3S. The number of rotatable bonds is 7. The van der Waals surface area contributed by atoms with Gasteiger partial charge < -0.3 is 14.8 Å². The van der Waals surface area contributed by atoms with Crippen molar-refractivity contribution in [1.82, 2.24) is 0 Å². The van der Waals surface area contributed by atoms with Crippen LogP contribution in [0.3, 0.4) is 0 Å². The number of hydrogen-bond donors (Lipinski definition) is 2. The first-order valence-corrected chi connectivity index (χ1v) is 8.07. The van der Waals surface area contributed by atoms with Crippen LogP contribution >= 0.6 is 11.8 Å². The van der Waals surface area contributed by atoms with Crippen LogP contribution in [0.5, 0.6) is 0 Å². The lowest BCUT2D eigenvalue weighted by Crippen LogP contribution is -2.53. The molecule has 0 bridgehead atoms. The molecule has 20 heavy (non-hydrogen) atoms. The predicted molar refractivity (Wildman–Crippen MR) is 87.3 cm³/mol. The van der Waals surface area contributed by atoms with Gasteiger partial charge in [0.05, 0.1) is 11.2 Å². The van der Waals surface area contributed by atoms with Crippen LogP contribution in [0.25, 0.3) is 0 Å². The van der Waals surface area contributed by atoms with E-state index in [1.54, 1.807) is 27.7 Å². The lowest BCUT2D eigenvalue weighted by atomic mass is 9.76. The molecule has 0 fully saturated rings. The Morgan fingerprint density at radius 2 is 1.70 bits per heavy atom. The molecule has 0 saturated heterocycles. The van der Waals surface area contributed by atoms with E-state index in [0.717, 1.165) is 11.5 Å². The Bertz CT molecular complexity index is 412. The smallest absolute Gasteiger partial charge is 0.423 e. The average molecular weight is 296 g/mol. The van der Waals surface area contributed by atoms with E-state index in [2.05, 4.69) is 6.92 Å². The minimum Gasteiger partial charge on any atom is -0.423 e. The molecule has 0 aromatic heterocycles. The number of benzene rings is 1. The fourth-order valence-corrected chi connectivity index (χ4v) is 2.12. The third-order valence-electron chi connectivity index (χ3n) is 3.62. The highest BCUT2D eigenvalue weighted by molar-refractivity contribution is 7.98. The van der Waals surface area contributed by atoms with E-state index in [4.69, 9.17) is 4.65 Å². The topological polar surface area (TPSA) is 49.7 Å². The summed E-state index contributed by atoms with van der Waals surface area (Å²) in [5.74, 6) is 2.07. The Balaban J connectivity index is 2.71. The maximum Gasteiger partial charge on any atom is 0.491 e. The zero-order valence-electron chi connectivity index (χ0n) is 13.0. The van der Waals surface area contributed by atoms with Crippen molar-refractivity contribution in [3.8, 4) is 0 Å². The van der Waals surface area contributed by atoms with Crippen molar-refractivity contribution in [1.29, 1.82) is 0 Å². The number of aliphatic hydroxyl groups is 1. The summed E-state index contributed by atoms with van der Waals surface area (Å²) in [6.45, 7) is 9.01. The van der Waals surface area contributed by atoms with Crippen molar-refractivity contribution in [2.24, 2.45) is 0 Å². The van der Waals surface area contributed by atoms with Gasteiger partial charge in [-0.15, -0.1) is 0 Å². The van der Waals surface area contributed by atoms with Gasteiger partial charge >= 0.3 is 7.12 Å². The minimum absolute atomic E-state index is 0.701. The molecule has 0 aliphatic heterocycles. The van der Waals surface area contributed by atoms with E-state index in [1.807, 2.05) is 36.0 Å². The molecule has 5 heteroatoms. The zero-order chi connectivity index (χ0) is 15.4. The molecule has 0 amide bonds. The molecule has 1 aromatic carbocycles. The SMILES string of the molecule is CCSCc1ccc(B(O)OC(C)(C)C(C)(C)O)cc1. The molecule has 0 aliphatic carbocycles. The van der Waals surface area contributed by atoms with Gasteiger partial charge in [-0.05, 0) is 44.5 Å². The highest BCUT2D eigenvalue weighted by Crippen LogP contribution is 2.25. The molecule has 0 heterocycles. The van der Waals surface area contributed by atoms with Crippen LogP contribution in [0.4, 0.5) is 0 Å². The van der Waals surface area contributed by atoms with Crippen molar-refractivity contribution in [2.75, 3.05) is 5.75 Å². The Morgan fingerprint density at radius 1 is 1.15 bits per heavy atom. The monoisotopic (exact) mass is 296 g/mol. The van der Waals surface area contributed by atoms with E-state index in [-0.39, 0.29) is 0 Å². The van der Waals surface area contributed by atoms with Crippen molar-refractivity contribution >= 4 is 24.3 Å². The van der Waals surface area contributed by atoms with Gasteiger partial charge in [-0.1, -0.05) is 31.2 Å². The lowest BCUT2D eigenvalue weighted by Gasteiger charge is -2.38. The third-order valence-corrected chi connectivity index (χ3v) is 4.56. The lowest BCUT2D eigenvalue weighted by molar-refractivity contribution is -0.0982. The summed E-state index contributed by atoms with van der Waals surface area (Å²) < 4.78 is 5.61. The van der Waals surface area contributed by atoms with Gasteiger partial charge in [0.25, 0.3) is 0 Å². The maximum atomic E-state index is 10.1. The van der Waals surface area contributed by atoms with E-state index < -0.39 is 18.3 Å². The first-order chi connectivity index (χ1) is 9.17. The van der Waals surface area contributed by atoms with Gasteiger partial charge in [0, 0.05) is 5.75 Å². The molecule has 1 aromatic rings. The van der Waals surface area contributed by atoms with E-state index in [9.17, 15) is 10.1 Å². The molecule has 3 nitrogen and oxygen atoms in total. The van der Waals surface area contributed by atoms with Crippen LogP contribution in [-0.2, 0) is 10.4 Å². The normalized spacial score (nSPS) is 12.6. The second kappa shape index (κ2) is 6.99. The largest absolute Gasteiger partial charge is 0.491 e. The van der Waals surface area contributed by atoms with Gasteiger partial charge in [0.1, 0.15) is 0 Å². The molecule has 112 valence electrons. The Kier molecular flexibility index (Phi) is 6.14. The second-order valence-corrected chi connectivity index (χ2v) is 7.19. The fourth-order valence-electron chi connectivity index (χ4n) is 1.49. The highest BCUT2D eigenvalue weighted by Gasteiger charge is 2.39. The van der Waals surface area contributed by atoms with Crippen molar-refractivity contribution in [2.45, 2.75) is 51.6 Å². The zero-order valence-corrected chi connectivity index (χ0v) is 13.8. The number of hydrogen-bond acceptors (Lipinski definition) is 4. The van der Waals surface area contributed by atoms with Gasteiger partial charge in [-0.2, -0.15) is 11.8 Å². The van der Waals surface area contributed by atoms with Crippen LogP contribution < -0.4 is 5.46 Å². The predicted octanol–water partition coefficient (Wildman–Crippen LogP) is 2.19.